The number of methoxy groups -OCH3 is 1. The van der Waals surface area contributed by atoms with E-state index in [1.807, 2.05) is 0 Å². The van der Waals surface area contributed by atoms with Crippen LogP contribution in [0.25, 0.3) is 0 Å². The van der Waals surface area contributed by atoms with E-state index in [0.717, 1.165) is 128 Å². The lowest BCUT2D eigenvalue weighted by Gasteiger charge is -2.30. The minimum atomic E-state index is -0.382. The predicted octanol–water partition coefficient (Wildman–Crippen LogP) is 23.7. The van der Waals surface area contributed by atoms with Gasteiger partial charge >= 0.3 is 0 Å². The molecule has 1 aromatic rings. The zero-order chi connectivity index (χ0) is 65.1. The van der Waals surface area contributed by atoms with Crippen LogP contribution in [0.2, 0.25) is 0 Å². The number of ether oxygens (including phenoxy) is 1. The second kappa shape index (κ2) is 68.4. The quantitative estimate of drug-likeness (QED) is 0.0489. The number of nitroso groups, excluding NO2 is 2. The zero-order valence-corrected chi connectivity index (χ0v) is 60.9. The largest absolute Gasteiger partial charge is 0.497 e. The average molecular weight is 1270 g/mol. The molecule has 1 aromatic carbocycles. The Kier molecular flexibility index (Phi) is 65.4. The summed E-state index contributed by atoms with van der Waals surface area (Å²) in [6.07, 6.45) is 69.1. The highest BCUT2D eigenvalue weighted by Crippen LogP contribution is 2.21. The first kappa shape index (κ1) is 86.0. The van der Waals surface area contributed by atoms with Crippen LogP contribution in [0.15, 0.2) is 34.6 Å². The summed E-state index contributed by atoms with van der Waals surface area (Å²) in [5.74, 6) is 0.884. The van der Waals surface area contributed by atoms with Crippen molar-refractivity contribution in [2.24, 2.45) is 10.4 Å². The van der Waals surface area contributed by atoms with Crippen LogP contribution < -0.4 is 4.74 Å². The van der Waals surface area contributed by atoms with Gasteiger partial charge in [0.1, 0.15) is 17.8 Å². The third kappa shape index (κ3) is 57.5. The molecule has 90 heavy (non-hydrogen) atoms. The van der Waals surface area contributed by atoms with Gasteiger partial charge in [0.25, 0.3) is 0 Å². The molecule has 10 heteroatoms. The Labute approximate surface area is 560 Å². The molecule has 2 N–H and O–H groups in total. The Bertz CT molecular complexity index is 1510. The number of benzene rings is 1. The molecule has 0 spiro atoms. The lowest BCUT2D eigenvalue weighted by atomic mass is 10.0. The van der Waals surface area contributed by atoms with E-state index in [1.165, 1.54) is 275 Å². The Morgan fingerprint density at radius 3 is 0.833 bits per heavy atom. The van der Waals surface area contributed by atoms with Gasteiger partial charge in [-0.15, -0.1) is 0 Å². The van der Waals surface area contributed by atoms with E-state index in [4.69, 9.17) is 4.74 Å². The molecule has 0 heterocycles. The first-order chi connectivity index (χ1) is 44.3. The van der Waals surface area contributed by atoms with Crippen LogP contribution >= 0.6 is 0 Å². The first-order valence-corrected chi connectivity index (χ1v) is 40.1. The maximum Gasteiger partial charge on any atom is 0.118 e. The first-order valence-electron chi connectivity index (χ1n) is 40.1. The summed E-state index contributed by atoms with van der Waals surface area (Å²) in [5.41, 5.74) is 1.32. The summed E-state index contributed by atoms with van der Waals surface area (Å²) < 4.78 is 5.47. The standard InChI is InChI=1S/C80H155N5O5/c1-6-10-14-18-22-26-30-34-38-42-46-50-58-76(81-88)71-84(72-77(82-89)59-51-47-43-39-35-31-27-23-19-15-11-7-2)69-55-67-83(66-54-57-75-62-64-80(90-5)65-63-75)68-56-70-85(73-78(86)60-52-48-44-40-36-32-28-24-20-16-12-8-3)74-79(87)61-53-49-45-41-37-33-29-25-21-17-13-9-4/h62-65,76-79,86-87H,6-61,66-74H2,1-5H3. The van der Waals surface area contributed by atoms with Gasteiger partial charge in [0.05, 0.1) is 19.3 Å². The Morgan fingerprint density at radius 1 is 0.311 bits per heavy atom. The van der Waals surface area contributed by atoms with Gasteiger partial charge in [-0.2, -0.15) is 9.81 Å². The molecule has 0 amide bonds. The van der Waals surface area contributed by atoms with E-state index in [-0.39, 0.29) is 24.3 Å². The third-order valence-electron chi connectivity index (χ3n) is 19.7. The van der Waals surface area contributed by atoms with Gasteiger partial charge in [-0.25, -0.2) is 0 Å². The summed E-state index contributed by atoms with van der Waals surface area (Å²) in [6.45, 7) is 16.1. The van der Waals surface area contributed by atoms with E-state index < -0.39 is 0 Å². The fraction of sp³-hybridized carbons (Fsp3) is 0.925. The van der Waals surface area contributed by atoms with E-state index >= 15 is 0 Å². The number of aliphatic hydroxyl groups excluding tert-OH is 2. The van der Waals surface area contributed by atoms with Gasteiger partial charge in [-0.1, -0.05) is 358 Å². The van der Waals surface area contributed by atoms with Gasteiger partial charge in [0.15, 0.2) is 0 Å². The van der Waals surface area contributed by atoms with Crippen LogP contribution in [0.1, 0.15) is 386 Å². The van der Waals surface area contributed by atoms with Crippen molar-refractivity contribution in [1.82, 2.24) is 14.7 Å². The molecule has 0 aromatic heterocycles. The molecule has 4 unspecified atom stereocenters. The number of hydrogen-bond acceptors (Lipinski definition) is 10. The highest BCUT2D eigenvalue weighted by molar-refractivity contribution is 5.27. The maximum atomic E-state index is 12.6. The fourth-order valence-corrected chi connectivity index (χ4v) is 13.8. The van der Waals surface area contributed by atoms with Gasteiger partial charge < -0.3 is 19.8 Å². The van der Waals surface area contributed by atoms with E-state index in [9.17, 15) is 20.0 Å². The number of rotatable bonds is 75. The molecular weight excluding hydrogens is 1110 g/mol. The van der Waals surface area contributed by atoms with Crippen LogP contribution in [0, 0.1) is 9.81 Å². The van der Waals surface area contributed by atoms with E-state index in [2.05, 4.69) is 77.0 Å². The topological polar surface area (TPSA) is 118 Å². The summed E-state index contributed by atoms with van der Waals surface area (Å²) in [5, 5.41) is 30.6. The smallest absolute Gasteiger partial charge is 0.118 e. The molecule has 0 aliphatic carbocycles. The third-order valence-corrected chi connectivity index (χ3v) is 19.7. The lowest BCUT2D eigenvalue weighted by Crippen LogP contribution is -2.40. The molecular formula is C80H155N5O5. The molecule has 4 atom stereocenters. The number of hydrogen-bond donors (Lipinski definition) is 2. The normalized spacial score (nSPS) is 13.3. The van der Waals surface area contributed by atoms with Crippen LogP contribution in [-0.4, -0.2) is 115 Å². The number of nitrogens with zero attached hydrogens (tertiary/aromatic N) is 5. The Morgan fingerprint density at radius 2 is 0.556 bits per heavy atom. The Balaban J connectivity index is 3.07. The molecule has 0 aliphatic rings. The summed E-state index contributed by atoms with van der Waals surface area (Å²) in [4.78, 5) is 32.5. The van der Waals surface area contributed by atoms with Gasteiger partial charge in [0, 0.05) is 26.2 Å². The van der Waals surface area contributed by atoms with Crippen molar-refractivity contribution in [3.05, 3.63) is 39.6 Å². The molecule has 0 radical (unpaired) electrons. The monoisotopic (exact) mass is 1270 g/mol. The average Bonchev–Trinajstić information content (AvgIpc) is 3.62. The van der Waals surface area contributed by atoms with Crippen molar-refractivity contribution in [2.45, 2.75) is 412 Å². The van der Waals surface area contributed by atoms with Crippen molar-refractivity contribution in [3.8, 4) is 5.75 Å². The van der Waals surface area contributed by atoms with Crippen molar-refractivity contribution in [1.29, 1.82) is 0 Å². The zero-order valence-electron chi connectivity index (χ0n) is 60.9. The van der Waals surface area contributed by atoms with E-state index in [0.29, 0.717) is 26.2 Å². The molecule has 0 saturated heterocycles. The summed E-state index contributed by atoms with van der Waals surface area (Å²) >= 11 is 0. The van der Waals surface area contributed by atoms with Crippen molar-refractivity contribution < 1.29 is 14.9 Å². The van der Waals surface area contributed by atoms with Crippen molar-refractivity contribution in [3.63, 3.8) is 0 Å². The minimum absolute atomic E-state index is 0.274. The van der Waals surface area contributed by atoms with Crippen LogP contribution in [0.5, 0.6) is 5.75 Å². The number of aliphatic hydroxyl groups is 2. The van der Waals surface area contributed by atoms with Gasteiger partial charge in [0.2, 0.25) is 0 Å². The molecule has 0 bridgehead atoms. The highest BCUT2D eigenvalue weighted by atomic mass is 16.5. The fourth-order valence-electron chi connectivity index (χ4n) is 13.8. The summed E-state index contributed by atoms with van der Waals surface area (Å²) in [7, 11) is 1.72. The number of unbranched alkanes of at least 4 members (excludes halogenated alkanes) is 44. The van der Waals surface area contributed by atoms with Gasteiger partial charge in [-0.3, -0.25) is 9.80 Å². The van der Waals surface area contributed by atoms with Crippen LogP contribution in [0.3, 0.4) is 0 Å². The molecule has 0 saturated carbocycles. The van der Waals surface area contributed by atoms with Crippen LogP contribution in [0.4, 0.5) is 0 Å². The lowest BCUT2D eigenvalue weighted by molar-refractivity contribution is 0.0581. The van der Waals surface area contributed by atoms with Crippen molar-refractivity contribution in [2.75, 3.05) is 66.0 Å². The molecule has 530 valence electrons. The minimum Gasteiger partial charge on any atom is -0.497 e. The number of aryl methyl sites for hydroxylation is 1. The molecule has 0 aliphatic heterocycles. The summed E-state index contributed by atoms with van der Waals surface area (Å²) in [6, 6.07) is 7.96. The Hall–Kier alpha value is -1.98. The van der Waals surface area contributed by atoms with Gasteiger partial charge in [-0.05, 0) is 102 Å². The second-order valence-corrected chi connectivity index (χ2v) is 28.6. The van der Waals surface area contributed by atoms with E-state index in [1.54, 1.807) is 7.11 Å². The van der Waals surface area contributed by atoms with Crippen molar-refractivity contribution >= 4 is 0 Å². The molecule has 0 fully saturated rings. The maximum absolute atomic E-state index is 12.6. The molecule has 1 rings (SSSR count). The molecule has 10 nitrogen and oxygen atoms in total. The SMILES string of the molecule is CCCCCCCCCCCCCCC(O)CN(CCCN(CCCc1ccc(OC)cc1)CCCN(CC(CCCCCCCCCCCCCC)N=O)CC(CCCCCCCCCCCCCC)N=O)CC(O)CCCCCCCCCCCCCC. The highest BCUT2D eigenvalue weighted by Gasteiger charge is 2.21. The predicted molar refractivity (Wildman–Crippen MR) is 394 cm³/mol. The van der Waals surface area contributed by atoms with Crippen LogP contribution in [-0.2, 0) is 6.42 Å². The second-order valence-electron chi connectivity index (χ2n) is 28.6.